The molecule has 1 unspecified atom stereocenters. The molecule has 4 N–H and O–H groups in total. The van der Waals surface area contributed by atoms with Gasteiger partial charge in [0.1, 0.15) is 0 Å². The number of rotatable bonds is 7. The minimum atomic E-state index is -0.497. The number of nitrogen functional groups attached to an aromatic ring is 1. The van der Waals surface area contributed by atoms with E-state index in [9.17, 15) is 9.90 Å². The molecule has 0 heterocycles. The molecule has 1 atom stereocenters. The molecule has 0 saturated carbocycles. The molecule has 0 spiro atoms. The van der Waals surface area contributed by atoms with Gasteiger partial charge in [0, 0.05) is 33.3 Å². The predicted molar refractivity (Wildman–Crippen MR) is 79.9 cm³/mol. The Hall–Kier alpha value is -1.79. The van der Waals surface area contributed by atoms with E-state index in [-0.39, 0.29) is 5.91 Å². The molecule has 1 aromatic carbocycles. The number of ether oxygens (including phenoxy) is 1. The van der Waals surface area contributed by atoms with Crippen LogP contribution in [0.2, 0.25) is 0 Å². The lowest BCUT2D eigenvalue weighted by Gasteiger charge is -2.14. The molecule has 0 radical (unpaired) electrons. The summed E-state index contributed by atoms with van der Waals surface area (Å²) in [7, 11) is 4.94. The third-order valence-corrected chi connectivity index (χ3v) is 2.86. The van der Waals surface area contributed by atoms with Gasteiger partial charge in [0.15, 0.2) is 0 Å². The summed E-state index contributed by atoms with van der Waals surface area (Å²) >= 11 is 0. The molecule has 6 heteroatoms. The van der Waals surface area contributed by atoms with Crippen molar-refractivity contribution in [2.45, 2.75) is 12.5 Å². The Kier molecular flexibility index (Phi) is 6.27. The lowest BCUT2D eigenvalue weighted by Crippen LogP contribution is -2.22. The second-order valence-corrected chi connectivity index (χ2v) is 4.83. The van der Waals surface area contributed by atoms with Crippen molar-refractivity contribution in [3.05, 3.63) is 23.8 Å². The molecule has 1 rings (SSSR count). The molecule has 0 fully saturated rings. The van der Waals surface area contributed by atoms with Crippen molar-refractivity contribution in [1.82, 2.24) is 4.90 Å². The van der Waals surface area contributed by atoms with Crippen molar-refractivity contribution in [1.29, 1.82) is 0 Å². The quantitative estimate of drug-likeness (QED) is 0.643. The summed E-state index contributed by atoms with van der Waals surface area (Å²) < 4.78 is 4.85. The number of anilines is 2. The summed E-state index contributed by atoms with van der Waals surface area (Å²) in [5.74, 6) is -0.0845. The van der Waals surface area contributed by atoms with Crippen molar-refractivity contribution in [2.75, 3.05) is 45.4 Å². The molecule has 6 nitrogen and oxygen atoms in total. The smallest absolute Gasteiger partial charge is 0.253 e. The van der Waals surface area contributed by atoms with Crippen LogP contribution < -0.4 is 11.1 Å². The molecule has 112 valence electrons. The molecule has 0 bridgehead atoms. The SMILES string of the molecule is COCC(O)CCNc1ccc(C(=O)N(C)C)cc1N. The van der Waals surface area contributed by atoms with Crippen molar-refractivity contribution in [3.8, 4) is 0 Å². The van der Waals surface area contributed by atoms with E-state index in [1.54, 1.807) is 39.4 Å². The highest BCUT2D eigenvalue weighted by atomic mass is 16.5. The van der Waals surface area contributed by atoms with Crippen molar-refractivity contribution in [2.24, 2.45) is 0 Å². The van der Waals surface area contributed by atoms with Gasteiger partial charge in [0.2, 0.25) is 0 Å². The number of nitrogens with zero attached hydrogens (tertiary/aromatic N) is 1. The minimum Gasteiger partial charge on any atom is -0.397 e. The van der Waals surface area contributed by atoms with Gasteiger partial charge in [0.05, 0.1) is 24.1 Å². The maximum atomic E-state index is 11.8. The first-order valence-corrected chi connectivity index (χ1v) is 6.47. The second kappa shape index (κ2) is 7.72. The Morgan fingerprint density at radius 1 is 1.50 bits per heavy atom. The minimum absolute atomic E-state index is 0.0845. The fourth-order valence-corrected chi connectivity index (χ4v) is 1.76. The number of benzene rings is 1. The van der Waals surface area contributed by atoms with E-state index >= 15 is 0 Å². The fourth-order valence-electron chi connectivity index (χ4n) is 1.76. The normalized spacial score (nSPS) is 12.0. The largest absolute Gasteiger partial charge is 0.397 e. The molecular formula is C14H23N3O3. The summed E-state index contributed by atoms with van der Waals surface area (Å²) in [6.45, 7) is 0.892. The number of hydrogen-bond acceptors (Lipinski definition) is 5. The number of amides is 1. The number of hydrogen-bond donors (Lipinski definition) is 3. The van der Waals surface area contributed by atoms with Gasteiger partial charge in [-0.1, -0.05) is 0 Å². The summed E-state index contributed by atoms with van der Waals surface area (Å²) in [5, 5.41) is 12.7. The van der Waals surface area contributed by atoms with Crippen LogP contribution in [-0.4, -0.2) is 56.4 Å². The van der Waals surface area contributed by atoms with E-state index in [0.29, 0.717) is 30.8 Å². The van der Waals surface area contributed by atoms with Crippen LogP contribution in [0.15, 0.2) is 18.2 Å². The molecular weight excluding hydrogens is 258 g/mol. The zero-order chi connectivity index (χ0) is 15.1. The van der Waals surface area contributed by atoms with Crippen LogP contribution in [0.5, 0.6) is 0 Å². The second-order valence-electron chi connectivity index (χ2n) is 4.83. The lowest BCUT2D eigenvalue weighted by molar-refractivity contribution is 0.0615. The predicted octanol–water partition coefficient (Wildman–Crippen LogP) is 0.780. The van der Waals surface area contributed by atoms with Gasteiger partial charge in [-0.15, -0.1) is 0 Å². The van der Waals surface area contributed by atoms with Crippen LogP contribution >= 0.6 is 0 Å². The van der Waals surface area contributed by atoms with E-state index in [2.05, 4.69) is 5.32 Å². The average molecular weight is 281 g/mol. The Morgan fingerprint density at radius 3 is 2.75 bits per heavy atom. The van der Waals surface area contributed by atoms with E-state index < -0.39 is 6.10 Å². The van der Waals surface area contributed by atoms with Gasteiger partial charge >= 0.3 is 0 Å². The lowest BCUT2D eigenvalue weighted by atomic mass is 10.1. The number of aliphatic hydroxyl groups excluding tert-OH is 1. The van der Waals surface area contributed by atoms with Crippen LogP contribution in [0.3, 0.4) is 0 Å². The Bertz CT molecular complexity index is 449. The maximum absolute atomic E-state index is 11.8. The van der Waals surface area contributed by atoms with Crippen molar-refractivity contribution >= 4 is 17.3 Å². The third-order valence-electron chi connectivity index (χ3n) is 2.86. The van der Waals surface area contributed by atoms with Crippen LogP contribution in [0, 0.1) is 0 Å². The molecule has 0 aliphatic rings. The number of carbonyl (C=O) groups is 1. The highest BCUT2D eigenvalue weighted by Crippen LogP contribution is 2.20. The molecule has 0 aromatic heterocycles. The molecule has 1 aromatic rings. The molecule has 20 heavy (non-hydrogen) atoms. The first-order valence-electron chi connectivity index (χ1n) is 6.47. The number of nitrogens with two attached hydrogens (primary N) is 1. The molecule has 0 aliphatic heterocycles. The van der Waals surface area contributed by atoms with Gasteiger partial charge in [-0.3, -0.25) is 4.79 Å². The maximum Gasteiger partial charge on any atom is 0.253 e. The summed E-state index contributed by atoms with van der Waals surface area (Å²) in [6.07, 6.45) is 0.0642. The van der Waals surface area contributed by atoms with Gasteiger partial charge < -0.3 is 25.8 Å². The fraction of sp³-hybridized carbons (Fsp3) is 0.500. The number of aliphatic hydroxyl groups is 1. The van der Waals surface area contributed by atoms with Gasteiger partial charge in [-0.2, -0.15) is 0 Å². The Labute approximate surface area is 119 Å². The van der Waals surface area contributed by atoms with E-state index in [0.717, 1.165) is 5.69 Å². The molecule has 0 saturated heterocycles. The van der Waals surface area contributed by atoms with Crippen molar-refractivity contribution < 1.29 is 14.6 Å². The highest BCUT2D eigenvalue weighted by molar-refractivity contribution is 5.95. The first kappa shape index (κ1) is 16.3. The van der Waals surface area contributed by atoms with Crippen LogP contribution in [0.1, 0.15) is 16.8 Å². The van der Waals surface area contributed by atoms with E-state index in [1.807, 2.05) is 0 Å². The Balaban J connectivity index is 2.58. The summed E-state index contributed by atoms with van der Waals surface area (Å²) in [5.41, 5.74) is 7.74. The summed E-state index contributed by atoms with van der Waals surface area (Å²) in [4.78, 5) is 13.3. The number of nitrogens with one attached hydrogen (secondary N) is 1. The average Bonchev–Trinajstić information content (AvgIpc) is 2.40. The van der Waals surface area contributed by atoms with Crippen LogP contribution in [0.4, 0.5) is 11.4 Å². The van der Waals surface area contributed by atoms with E-state index in [1.165, 1.54) is 4.90 Å². The number of carbonyl (C=O) groups excluding carboxylic acids is 1. The van der Waals surface area contributed by atoms with Crippen LogP contribution in [0.25, 0.3) is 0 Å². The van der Waals surface area contributed by atoms with Gasteiger partial charge in [-0.05, 0) is 24.6 Å². The number of methoxy groups -OCH3 is 1. The van der Waals surface area contributed by atoms with Gasteiger partial charge in [0.25, 0.3) is 5.91 Å². The monoisotopic (exact) mass is 281 g/mol. The topological polar surface area (TPSA) is 87.8 Å². The summed E-state index contributed by atoms with van der Waals surface area (Å²) in [6, 6.07) is 5.15. The van der Waals surface area contributed by atoms with Crippen molar-refractivity contribution in [3.63, 3.8) is 0 Å². The highest BCUT2D eigenvalue weighted by Gasteiger charge is 2.10. The standard InChI is InChI=1S/C14H23N3O3/c1-17(2)14(19)10-4-5-13(12(15)8-10)16-7-6-11(18)9-20-3/h4-5,8,11,16,18H,6-7,9,15H2,1-3H3. The first-order chi connectivity index (χ1) is 9.45. The van der Waals surface area contributed by atoms with Gasteiger partial charge in [-0.25, -0.2) is 0 Å². The van der Waals surface area contributed by atoms with Crippen LogP contribution in [-0.2, 0) is 4.74 Å². The molecule has 0 aliphatic carbocycles. The molecule has 1 amide bonds. The third kappa shape index (κ3) is 4.71. The zero-order valence-electron chi connectivity index (χ0n) is 12.2. The Morgan fingerprint density at radius 2 is 2.20 bits per heavy atom. The van der Waals surface area contributed by atoms with E-state index in [4.69, 9.17) is 10.5 Å². The zero-order valence-corrected chi connectivity index (χ0v) is 12.2.